The third-order valence-electron chi connectivity index (χ3n) is 3.41. The molecule has 0 N–H and O–H groups in total. The molecule has 2 aromatic heterocycles. The van der Waals surface area contributed by atoms with Gasteiger partial charge in [-0.3, -0.25) is 0 Å². The number of hydrogen-bond acceptors (Lipinski definition) is 5. The van der Waals surface area contributed by atoms with Gasteiger partial charge in [0.2, 0.25) is 4.96 Å². The van der Waals surface area contributed by atoms with Crippen molar-refractivity contribution in [1.82, 2.24) is 19.8 Å². The van der Waals surface area contributed by atoms with Crippen LogP contribution in [0.25, 0.3) is 26.9 Å². The van der Waals surface area contributed by atoms with Crippen LogP contribution < -0.4 is 4.74 Å². The van der Waals surface area contributed by atoms with Gasteiger partial charge in [-0.25, -0.2) is 0 Å². The van der Waals surface area contributed by atoms with E-state index >= 15 is 0 Å². The van der Waals surface area contributed by atoms with E-state index in [-0.39, 0.29) is 0 Å². The lowest BCUT2D eigenvalue weighted by molar-refractivity contribution is 0.416. The molecule has 0 atom stereocenters. The zero-order valence-corrected chi connectivity index (χ0v) is 14.5. The van der Waals surface area contributed by atoms with Crippen molar-refractivity contribution in [3.05, 3.63) is 53.0 Å². The molecule has 0 saturated carbocycles. The monoisotopic (exact) mass is 386 g/mol. The first kappa shape index (κ1) is 14.3. The van der Waals surface area contributed by atoms with Crippen molar-refractivity contribution >= 4 is 32.2 Å². The van der Waals surface area contributed by atoms with Gasteiger partial charge in [-0.15, -0.1) is 10.2 Å². The Morgan fingerprint density at radius 1 is 1.09 bits per heavy atom. The van der Waals surface area contributed by atoms with Crippen molar-refractivity contribution in [3.8, 4) is 27.7 Å². The number of halogens is 1. The summed E-state index contributed by atoms with van der Waals surface area (Å²) in [4.78, 5) is 0.751. The molecule has 0 aliphatic rings. The molecule has 0 bridgehead atoms. The number of benzene rings is 2. The van der Waals surface area contributed by atoms with Crippen molar-refractivity contribution < 1.29 is 4.74 Å². The quantitative estimate of drug-likeness (QED) is 0.526. The molecule has 114 valence electrons. The van der Waals surface area contributed by atoms with Gasteiger partial charge in [0, 0.05) is 10.0 Å². The van der Waals surface area contributed by atoms with Gasteiger partial charge < -0.3 is 4.74 Å². The summed E-state index contributed by atoms with van der Waals surface area (Å²) in [6.07, 6.45) is 0. The number of methoxy groups -OCH3 is 1. The maximum Gasteiger partial charge on any atom is 0.235 e. The van der Waals surface area contributed by atoms with Gasteiger partial charge in [0.25, 0.3) is 0 Å². The molecule has 0 saturated heterocycles. The third kappa shape index (κ3) is 2.51. The third-order valence-corrected chi connectivity index (χ3v) is 4.85. The molecule has 23 heavy (non-hydrogen) atoms. The Morgan fingerprint density at radius 3 is 2.78 bits per heavy atom. The van der Waals surface area contributed by atoms with E-state index in [1.165, 1.54) is 11.3 Å². The molecular weight excluding hydrogens is 376 g/mol. The van der Waals surface area contributed by atoms with Gasteiger partial charge >= 0.3 is 0 Å². The number of rotatable bonds is 3. The summed E-state index contributed by atoms with van der Waals surface area (Å²) >= 11 is 4.99. The van der Waals surface area contributed by atoms with Crippen molar-refractivity contribution in [1.29, 1.82) is 0 Å². The molecule has 0 fully saturated rings. The second-order valence-electron chi connectivity index (χ2n) is 4.84. The smallest absolute Gasteiger partial charge is 0.235 e. The van der Waals surface area contributed by atoms with E-state index in [4.69, 9.17) is 4.74 Å². The number of nitrogens with zero attached hydrogens (tertiary/aromatic N) is 4. The topological polar surface area (TPSA) is 52.3 Å². The lowest BCUT2D eigenvalue weighted by atomic mass is 10.2. The fourth-order valence-electron chi connectivity index (χ4n) is 2.35. The van der Waals surface area contributed by atoms with Crippen LogP contribution in [0, 0.1) is 0 Å². The Bertz CT molecular complexity index is 995. The summed E-state index contributed by atoms with van der Waals surface area (Å²) < 4.78 is 8.20. The van der Waals surface area contributed by atoms with Gasteiger partial charge in [-0.2, -0.15) is 9.61 Å². The number of aromatic nitrogens is 4. The lowest BCUT2D eigenvalue weighted by Crippen LogP contribution is -1.94. The Morgan fingerprint density at radius 2 is 1.96 bits per heavy atom. The van der Waals surface area contributed by atoms with Gasteiger partial charge in [0.1, 0.15) is 10.8 Å². The second kappa shape index (κ2) is 5.75. The Balaban J connectivity index is 1.87. The molecular formula is C16H11BrN4OS. The molecule has 0 aliphatic heterocycles. The van der Waals surface area contributed by atoms with Gasteiger partial charge in [0.15, 0.2) is 5.82 Å². The first-order valence-electron chi connectivity index (χ1n) is 6.88. The maximum atomic E-state index is 5.41. The van der Waals surface area contributed by atoms with E-state index in [1.807, 2.05) is 48.5 Å². The van der Waals surface area contributed by atoms with E-state index in [0.29, 0.717) is 5.82 Å². The van der Waals surface area contributed by atoms with Crippen LogP contribution in [0.4, 0.5) is 0 Å². The van der Waals surface area contributed by atoms with Crippen molar-refractivity contribution in [2.45, 2.75) is 0 Å². The Labute approximate surface area is 144 Å². The molecule has 0 aliphatic carbocycles. The SMILES string of the molecule is COc1ccccc1-c1nnc2sc(-c3cccc(Br)c3)nn12. The van der Waals surface area contributed by atoms with E-state index < -0.39 is 0 Å². The number of hydrogen-bond donors (Lipinski definition) is 0. The number of para-hydroxylation sites is 1. The first-order chi connectivity index (χ1) is 11.3. The second-order valence-corrected chi connectivity index (χ2v) is 6.71. The molecule has 0 unspecified atom stereocenters. The molecule has 2 heterocycles. The Hall–Kier alpha value is -2.25. The zero-order valence-electron chi connectivity index (χ0n) is 12.1. The summed E-state index contributed by atoms with van der Waals surface area (Å²) in [6, 6.07) is 15.8. The van der Waals surface area contributed by atoms with Gasteiger partial charge in [-0.05, 0) is 24.3 Å². The van der Waals surface area contributed by atoms with Crippen LogP contribution in [0.3, 0.4) is 0 Å². The summed E-state index contributed by atoms with van der Waals surface area (Å²) in [5.41, 5.74) is 1.91. The fraction of sp³-hybridized carbons (Fsp3) is 0.0625. The molecule has 4 aromatic rings. The molecule has 0 radical (unpaired) electrons. The van der Waals surface area contributed by atoms with Crippen LogP contribution in [0.5, 0.6) is 5.75 Å². The van der Waals surface area contributed by atoms with Crippen LogP contribution in [0.2, 0.25) is 0 Å². The Kier molecular flexibility index (Phi) is 3.59. The highest BCUT2D eigenvalue weighted by Crippen LogP contribution is 2.32. The molecule has 7 heteroatoms. The fourth-order valence-corrected chi connectivity index (χ4v) is 3.59. The molecule has 0 spiro atoms. The minimum Gasteiger partial charge on any atom is -0.496 e. The largest absolute Gasteiger partial charge is 0.496 e. The van der Waals surface area contributed by atoms with E-state index in [9.17, 15) is 0 Å². The normalized spacial score (nSPS) is 11.0. The molecule has 0 amide bonds. The number of fused-ring (bicyclic) bond motifs is 1. The van der Waals surface area contributed by atoms with Crippen molar-refractivity contribution in [3.63, 3.8) is 0 Å². The highest BCUT2D eigenvalue weighted by Gasteiger charge is 2.17. The highest BCUT2D eigenvalue weighted by atomic mass is 79.9. The maximum absolute atomic E-state index is 5.41. The summed E-state index contributed by atoms with van der Waals surface area (Å²) in [5.74, 6) is 1.42. The van der Waals surface area contributed by atoms with Crippen molar-refractivity contribution in [2.75, 3.05) is 7.11 Å². The molecule has 2 aromatic carbocycles. The van der Waals surface area contributed by atoms with Crippen LogP contribution in [-0.2, 0) is 0 Å². The lowest BCUT2D eigenvalue weighted by Gasteiger charge is -2.04. The molecule has 4 rings (SSSR count). The molecule has 5 nitrogen and oxygen atoms in total. The van der Waals surface area contributed by atoms with E-state index in [0.717, 1.165) is 31.3 Å². The summed E-state index contributed by atoms with van der Waals surface area (Å²) in [7, 11) is 1.64. The number of ether oxygens (including phenoxy) is 1. The van der Waals surface area contributed by atoms with Gasteiger partial charge in [-0.1, -0.05) is 51.5 Å². The van der Waals surface area contributed by atoms with Gasteiger partial charge in [0.05, 0.1) is 12.7 Å². The van der Waals surface area contributed by atoms with Crippen LogP contribution in [0.1, 0.15) is 0 Å². The minimum atomic E-state index is 0.676. The average Bonchev–Trinajstić information content (AvgIpc) is 3.15. The van der Waals surface area contributed by atoms with Crippen molar-refractivity contribution in [2.24, 2.45) is 0 Å². The minimum absolute atomic E-state index is 0.676. The summed E-state index contributed by atoms with van der Waals surface area (Å²) in [6.45, 7) is 0. The van der Waals surface area contributed by atoms with Crippen LogP contribution >= 0.6 is 27.3 Å². The predicted molar refractivity (Wildman–Crippen MR) is 93.8 cm³/mol. The predicted octanol–water partition coefficient (Wildman–Crippen LogP) is 4.29. The average molecular weight is 387 g/mol. The van der Waals surface area contributed by atoms with Crippen LogP contribution in [0.15, 0.2) is 53.0 Å². The standard InChI is InChI=1S/C16H11BrN4OS/c1-22-13-8-3-2-7-12(13)14-18-19-16-21(14)20-15(23-16)10-5-4-6-11(17)9-10/h2-9H,1H3. The summed E-state index contributed by atoms with van der Waals surface area (Å²) in [5, 5.41) is 14.1. The highest BCUT2D eigenvalue weighted by molar-refractivity contribution is 9.10. The zero-order chi connectivity index (χ0) is 15.8. The first-order valence-corrected chi connectivity index (χ1v) is 8.49. The van der Waals surface area contributed by atoms with E-state index in [2.05, 4.69) is 31.2 Å². The van der Waals surface area contributed by atoms with E-state index in [1.54, 1.807) is 11.6 Å². The van der Waals surface area contributed by atoms with Crippen LogP contribution in [-0.4, -0.2) is 26.9 Å².